The number of likely N-dealkylation sites (N-methyl/N-ethyl adjacent to an activating group) is 1. The van der Waals surface area contributed by atoms with E-state index in [1.54, 1.807) is 7.11 Å². The zero-order valence-electron chi connectivity index (χ0n) is 9.67. The van der Waals surface area contributed by atoms with Gasteiger partial charge in [0, 0.05) is 26.7 Å². The number of hydrogen-bond acceptors (Lipinski definition) is 3. The molecule has 0 heterocycles. The molecule has 0 spiro atoms. The van der Waals surface area contributed by atoms with Gasteiger partial charge in [-0.3, -0.25) is 4.79 Å². The van der Waals surface area contributed by atoms with Gasteiger partial charge in [0.15, 0.2) is 0 Å². The second-order valence-corrected chi connectivity index (χ2v) is 3.18. The van der Waals surface area contributed by atoms with Crippen molar-refractivity contribution in [3.8, 4) is 0 Å². The number of carbonyl (C=O) groups is 1. The summed E-state index contributed by atoms with van der Waals surface area (Å²) in [4.78, 5) is 13.5. The van der Waals surface area contributed by atoms with Crippen LogP contribution in [0.25, 0.3) is 0 Å². The van der Waals surface area contributed by atoms with Crippen LogP contribution in [-0.2, 0) is 9.53 Å². The second kappa shape index (κ2) is 7.76. The summed E-state index contributed by atoms with van der Waals surface area (Å²) in [5.41, 5.74) is 0. The van der Waals surface area contributed by atoms with Crippen molar-refractivity contribution in [2.45, 2.75) is 26.8 Å². The molecule has 0 aliphatic carbocycles. The maximum atomic E-state index is 11.7. The number of ether oxygens (including phenoxy) is 1. The number of hydrogen-bond donors (Lipinski definition) is 1. The van der Waals surface area contributed by atoms with Gasteiger partial charge < -0.3 is 15.0 Å². The Kier molecular flexibility index (Phi) is 7.42. The monoisotopic (exact) mass is 202 g/mol. The lowest BCUT2D eigenvalue weighted by Gasteiger charge is -2.23. The molecule has 4 nitrogen and oxygen atoms in total. The van der Waals surface area contributed by atoms with E-state index in [0.29, 0.717) is 13.2 Å². The Morgan fingerprint density at radius 3 is 2.43 bits per heavy atom. The lowest BCUT2D eigenvalue weighted by Crippen LogP contribution is -2.45. The molecule has 0 aliphatic rings. The Morgan fingerprint density at radius 2 is 2.00 bits per heavy atom. The van der Waals surface area contributed by atoms with Gasteiger partial charge in [0.2, 0.25) is 5.91 Å². The molecule has 0 rings (SSSR count). The maximum absolute atomic E-state index is 11.7. The average molecular weight is 202 g/mol. The van der Waals surface area contributed by atoms with Gasteiger partial charge in [-0.05, 0) is 20.8 Å². The van der Waals surface area contributed by atoms with Crippen molar-refractivity contribution in [2.75, 3.05) is 33.4 Å². The molecule has 0 aromatic heterocycles. The fraction of sp³-hybridized carbons (Fsp3) is 0.900. The molecule has 0 aliphatic heterocycles. The van der Waals surface area contributed by atoms with Crippen molar-refractivity contribution in [2.24, 2.45) is 0 Å². The Labute approximate surface area is 86.6 Å². The lowest BCUT2D eigenvalue weighted by atomic mass is 10.3. The van der Waals surface area contributed by atoms with Crippen LogP contribution in [0, 0.1) is 0 Å². The largest absolute Gasteiger partial charge is 0.383 e. The highest BCUT2D eigenvalue weighted by atomic mass is 16.5. The predicted octanol–water partition coefficient (Wildman–Crippen LogP) is 0.479. The Morgan fingerprint density at radius 1 is 1.43 bits per heavy atom. The molecule has 1 unspecified atom stereocenters. The molecule has 4 heteroatoms. The molecular weight excluding hydrogens is 180 g/mol. The minimum absolute atomic E-state index is 0.120. The SMILES string of the molecule is CCN(CC)C(=O)C(C)NCCOC. The highest BCUT2D eigenvalue weighted by Gasteiger charge is 2.16. The van der Waals surface area contributed by atoms with Gasteiger partial charge in [-0.2, -0.15) is 0 Å². The third-order valence-corrected chi connectivity index (χ3v) is 2.20. The first-order valence-electron chi connectivity index (χ1n) is 5.18. The molecule has 1 amide bonds. The van der Waals surface area contributed by atoms with Crippen molar-refractivity contribution >= 4 is 5.91 Å². The van der Waals surface area contributed by atoms with Crippen LogP contribution in [0.5, 0.6) is 0 Å². The van der Waals surface area contributed by atoms with Crippen LogP contribution in [0.3, 0.4) is 0 Å². The summed E-state index contributed by atoms with van der Waals surface area (Å²) in [6.45, 7) is 8.75. The van der Waals surface area contributed by atoms with E-state index in [9.17, 15) is 4.79 Å². The third-order valence-electron chi connectivity index (χ3n) is 2.20. The summed E-state index contributed by atoms with van der Waals surface area (Å²) in [7, 11) is 1.65. The molecule has 0 saturated heterocycles. The number of rotatable bonds is 7. The highest BCUT2D eigenvalue weighted by molar-refractivity contribution is 5.81. The predicted molar refractivity (Wildman–Crippen MR) is 57.3 cm³/mol. The first-order chi connectivity index (χ1) is 6.67. The van der Waals surface area contributed by atoms with Crippen molar-refractivity contribution in [1.82, 2.24) is 10.2 Å². The standard InChI is InChI=1S/C10H22N2O2/c1-5-12(6-2)10(13)9(3)11-7-8-14-4/h9,11H,5-8H2,1-4H3. The topological polar surface area (TPSA) is 41.6 Å². The molecule has 14 heavy (non-hydrogen) atoms. The van der Waals surface area contributed by atoms with Crippen molar-refractivity contribution < 1.29 is 9.53 Å². The van der Waals surface area contributed by atoms with Gasteiger partial charge in [0.05, 0.1) is 12.6 Å². The molecule has 0 aromatic carbocycles. The first-order valence-corrected chi connectivity index (χ1v) is 5.18. The van der Waals surface area contributed by atoms with Crippen LogP contribution >= 0.6 is 0 Å². The average Bonchev–Trinajstić information content (AvgIpc) is 2.19. The van der Waals surface area contributed by atoms with E-state index >= 15 is 0 Å². The van der Waals surface area contributed by atoms with Crippen LogP contribution in [0.4, 0.5) is 0 Å². The number of nitrogens with one attached hydrogen (secondary N) is 1. The highest BCUT2D eigenvalue weighted by Crippen LogP contribution is 1.94. The molecule has 0 saturated carbocycles. The minimum atomic E-state index is -0.120. The van der Waals surface area contributed by atoms with Crippen molar-refractivity contribution in [1.29, 1.82) is 0 Å². The molecule has 1 atom stereocenters. The number of nitrogens with zero attached hydrogens (tertiary/aromatic N) is 1. The Hall–Kier alpha value is -0.610. The lowest BCUT2D eigenvalue weighted by molar-refractivity contribution is -0.132. The first kappa shape index (κ1) is 13.4. The maximum Gasteiger partial charge on any atom is 0.239 e. The smallest absolute Gasteiger partial charge is 0.239 e. The molecule has 0 bridgehead atoms. The molecule has 0 fully saturated rings. The molecule has 84 valence electrons. The Bertz CT molecular complexity index is 158. The van der Waals surface area contributed by atoms with Gasteiger partial charge in [-0.25, -0.2) is 0 Å². The molecule has 0 radical (unpaired) electrons. The van der Waals surface area contributed by atoms with E-state index in [-0.39, 0.29) is 11.9 Å². The van der Waals surface area contributed by atoms with E-state index in [1.807, 2.05) is 25.7 Å². The van der Waals surface area contributed by atoms with Crippen LogP contribution in [-0.4, -0.2) is 50.2 Å². The van der Waals surface area contributed by atoms with Crippen molar-refractivity contribution in [3.63, 3.8) is 0 Å². The van der Waals surface area contributed by atoms with E-state index in [0.717, 1.165) is 13.1 Å². The summed E-state index contributed by atoms with van der Waals surface area (Å²) in [6.07, 6.45) is 0. The third kappa shape index (κ3) is 4.58. The minimum Gasteiger partial charge on any atom is -0.383 e. The zero-order chi connectivity index (χ0) is 11.0. The van der Waals surface area contributed by atoms with Gasteiger partial charge in [-0.15, -0.1) is 0 Å². The van der Waals surface area contributed by atoms with E-state index in [2.05, 4.69) is 5.32 Å². The van der Waals surface area contributed by atoms with Crippen LogP contribution in [0.2, 0.25) is 0 Å². The fourth-order valence-electron chi connectivity index (χ4n) is 1.27. The van der Waals surface area contributed by atoms with Gasteiger partial charge in [0.1, 0.15) is 0 Å². The quantitative estimate of drug-likeness (QED) is 0.611. The van der Waals surface area contributed by atoms with Gasteiger partial charge >= 0.3 is 0 Å². The number of methoxy groups -OCH3 is 1. The number of carbonyl (C=O) groups excluding carboxylic acids is 1. The summed E-state index contributed by atoms with van der Waals surface area (Å²) >= 11 is 0. The van der Waals surface area contributed by atoms with Gasteiger partial charge in [-0.1, -0.05) is 0 Å². The normalized spacial score (nSPS) is 12.6. The molecule has 0 aromatic rings. The summed E-state index contributed by atoms with van der Waals surface area (Å²) in [5, 5.41) is 3.12. The van der Waals surface area contributed by atoms with E-state index in [4.69, 9.17) is 4.74 Å². The molecular formula is C10H22N2O2. The Balaban J connectivity index is 3.84. The molecule has 1 N–H and O–H groups in total. The van der Waals surface area contributed by atoms with Crippen LogP contribution in [0.15, 0.2) is 0 Å². The van der Waals surface area contributed by atoms with E-state index in [1.165, 1.54) is 0 Å². The van der Waals surface area contributed by atoms with E-state index < -0.39 is 0 Å². The fourth-order valence-corrected chi connectivity index (χ4v) is 1.27. The van der Waals surface area contributed by atoms with Crippen LogP contribution < -0.4 is 5.32 Å². The van der Waals surface area contributed by atoms with Crippen molar-refractivity contribution in [3.05, 3.63) is 0 Å². The zero-order valence-corrected chi connectivity index (χ0v) is 9.67. The van der Waals surface area contributed by atoms with Crippen LogP contribution in [0.1, 0.15) is 20.8 Å². The van der Waals surface area contributed by atoms with Gasteiger partial charge in [0.25, 0.3) is 0 Å². The number of amides is 1. The summed E-state index contributed by atoms with van der Waals surface area (Å²) in [6, 6.07) is -0.120. The summed E-state index contributed by atoms with van der Waals surface area (Å²) in [5.74, 6) is 0.158. The summed E-state index contributed by atoms with van der Waals surface area (Å²) < 4.78 is 4.90. The second-order valence-electron chi connectivity index (χ2n) is 3.18.